The largest absolute Gasteiger partial charge is 0.0845 e. The van der Waals surface area contributed by atoms with E-state index in [1.807, 2.05) is 5.57 Å². The zero-order valence-electron chi connectivity index (χ0n) is 13.6. The summed E-state index contributed by atoms with van der Waals surface area (Å²) < 4.78 is 0. The predicted molar refractivity (Wildman–Crippen MR) is 85.6 cm³/mol. The van der Waals surface area contributed by atoms with Crippen molar-refractivity contribution in [3.63, 3.8) is 0 Å². The van der Waals surface area contributed by atoms with Crippen molar-refractivity contribution in [2.45, 2.75) is 84.5 Å². The minimum atomic E-state index is 0.601. The lowest BCUT2D eigenvalue weighted by Gasteiger charge is -2.57. The first kappa shape index (κ1) is 13.4. The zero-order chi connectivity index (χ0) is 13.8. The van der Waals surface area contributed by atoms with Crippen LogP contribution in [0, 0.1) is 28.6 Å². The van der Waals surface area contributed by atoms with Crippen LogP contribution in [0.1, 0.15) is 84.5 Å². The van der Waals surface area contributed by atoms with Gasteiger partial charge in [0, 0.05) is 0 Å². The van der Waals surface area contributed by atoms with Gasteiger partial charge in [-0.2, -0.15) is 0 Å². The fraction of sp³-hybridized carbons (Fsp3) is 0.900. The smallest absolute Gasteiger partial charge is 0.00853 e. The number of allylic oxidation sites excluding steroid dienone is 2. The monoisotopic (exact) mass is 272 g/mol. The minimum Gasteiger partial charge on any atom is -0.0845 e. The average molecular weight is 272 g/mol. The summed E-state index contributed by atoms with van der Waals surface area (Å²) in [6.45, 7) is 5.12. The van der Waals surface area contributed by atoms with E-state index in [9.17, 15) is 0 Å². The minimum absolute atomic E-state index is 0.601. The van der Waals surface area contributed by atoms with Gasteiger partial charge < -0.3 is 0 Å². The SMILES string of the molecule is CC[C@@]12CCC[C@H]1[C@@H]1CC=C3CCCC[C@]3(C)[C@H]1CC2. The Morgan fingerprint density at radius 2 is 1.95 bits per heavy atom. The molecule has 0 unspecified atom stereocenters. The van der Waals surface area contributed by atoms with Crippen LogP contribution in [0.4, 0.5) is 0 Å². The van der Waals surface area contributed by atoms with Crippen molar-refractivity contribution in [1.82, 2.24) is 0 Å². The highest BCUT2D eigenvalue weighted by Crippen LogP contribution is 2.65. The molecule has 0 N–H and O–H groups in total. The van der Waals surface area contributed by atoms with Crippen LogP contribution >= 0.6 is 0 Å². The molecule has 0 spiro atoms. The maximum Gasteiger partial charge on any atom is -0.00853 e. The molecule has 4 aliphatic carbocycles. The van der Waals surface area contributed by atoms with E-state index in [0.29, 0.717) is 5.41 Å². The molecule has 5 atom stereocenters. The summed E-state index contributed by atoms with van der Waals surface area (Å²) >= 11 is 0. The summed E-state index contributed by atoms with van der Waals surface area (Å²) in [5.74, 6) is 3.14. The molecule has 0 nitrogen and oxygen atoms in total. The molecule has 0 heteroatoms. The molecule has 3 saturated carbocycles. The van der Waals surface area contributed by atoms with Crippen LogP contribution in [0.5, 0.6) is 0 Å². The van der Waals surface area contributed by atoms with Crippen LogP contribution in [0.25, 0.3) is 0 Å². The van der Waals surface area contributed by atoms with Crippen LogP contribution in [0.15, 0.2) is 11.6 Å². The Bertz CT molecular complexity index is 420. The van der Waals surface area contributed by atoms with Gasteiger partial charge in [0.05, 0.1) is 0 Å². The van der Waals surface area contributed by atoms with E-state index >= 15 is 0 Å². The molecule has 0 saturated heterocycles. The van der Waals surface area contributed by atoms with E-state index in [1.54, 1.807) is 25.7 Å². The van der Waals surface area contributed by atoms with Gasteiger partial charge in [-0.3, -0.25) is 0 Å². The molecule has 0 aliphatic heterocycles. The Morgan fingerprint density at radius 1 is 1.05 bits per heavy atom. The van der Waals surface area contributed by atoms with Crippen LogP contribution in [0.2, 0.25) is 0 Å². The second-order valence-electron chi connectivity index (χ2n) is 8.61. The summed E-state index contributed by atoms with van der Waals surface area (Å²) in [6.07, 6.45) is 19.2. The van der Waals surface area contributed by atoms with Gasteiger partial charge in [-0.15, -0.1) is 0 Å². The highest BCUT2D eigenvalue weighted by molar-refractivity contribution is 5.24. The summed E-state index contributed by atoms with van der Waals surface area (Å²) in [5.41, 5.74) is 3.23. The molecule has 0 bridgehead atoms. The second kappa shape index (κ2) is 4.62. The summed E-state index contributed by atoms with van der Waals surface area (Å²) in [6, 6.07) is 0. The lowest BCUT2D eigenvalue weighted by atomic mass is 9.47. The Hall–Kier alpha value is -0.260. The normalized spacial score (nSPS) is 50.9. The lowest BCUT2D eigenvalue weighted by Crippen LogP contribution is -2.48. The quantitative estimate of drug-likeness (QED) is 0.504. The first-order valence-electron chi connectivity index (χ1n) is 9.39. The number of fused-ring (bicyclic) bond motifs is 5. The molecule has 4 aliphatic rings. The van der Waals surface area contributed by atoms with Gasteiger partial charge >= 0.3 is 0 Å². The molecule has 0 aromatic carbocycles. The summed E-state index contributed by atoms with van der Waals surface area (Å²) in [7, 11) is 0. The molecule has 0 radical (unpaired) electrons. The number of rotatable bonds is 1. The van der Waals surface area contributed by atoms with Crippen LogP contribution in [0.3, 0.4) is 0 Å². The Balaban J connectivity index is 1.69. The molecule has 4 rings (SSSR count). The summed E-state index contributed by atoms with van der Waals surface area (Å²) in [5, 5.41) is 0. The topological polar surface area (TPSA) is 0 Å². The Morgan fingerprint density at radius 3 is 2.80 bits per heavy atom. The Kier molecular flexibility index (Phi) is 3.09. The van der Waals surface area contributed by atoms with Gasteiger partial charge in [-0.1, -0.05) is 44.8 Å². The third kappa shape index (κ3) is 1.66. The van der Waals surface area contributed by atoms with Gasteiger partial charge in [0.2, 0.25) is 0 Å². The molecule has 0 aromatic rings. The molecule has 20 heavy (non-hydrogen) atoms. The molecule has 112 valence electrons. The maximum absolute atomic E-state index is 2.71. The first-order valence-corrected chi connectivity index (χ1v) is 9.39. The van der Waals surface area contributed by atoms with E-state index in [4.69, 9.17) is 0 Å². The highest BCUT2D eigenvalue weighted by Gasteiger charge is 2.55. The predicted octanol–water partition coefficient (Wildman–Crippen LogP) is 6.12. The zero-order valence-corrected chi connectivity index (χ0v) is 13.6. The van der Waals surface area contributed by atoms with Crippen LogP contribution in [-0.4, -0.2) is 0 Å². The molecular weight excluding hydrogens is 240 g/mol. The van der Waals surface area contributed by atoms with E-state index < -0.39 is 0 Å². The van der Waals surface area contributed by atoms with Gasteiger partial charge in [0.25, 0.3) is 0 Å². The van der Waals surface area contributed by atoms with E-state index in [-0.39, 0.29) is 0 Å². The molecule has 0 aromatic heterocycles. The van der Waals surface area contributed by atoms with Gasteiger partial charge in [0.1, 0.15) is 0 Å². The van der Waals surface area contributed by atoms with Crippen LogP contribution < -0.4 is 0 Å². The number of hydrogen-bond acceptors (Lipinski definition) is 0. The van der Waals surface area contributed by atoms with Crippen molar-refractivity contribution in [3.8, 4) is 0 Å². The van der Waals surface area contributed by atoms with Crippen molar-refractivity contribution in [1.29, 1.82) is 0 Å². The molecule has 3 fully saturated rings. The van der Waals surface area contributed by atoms with Crippen molar-refractivity contribution >= 4 is 0 Å². The maximum atomic E-state index is 2.71. The van der Waals surface area contributed by atoms with Gasteiger partial charge in [-0.25, -0.2) is 0 Å². The third-order valence-corrected chi connectivity index (χ3v) is 8.25. The van der Waals surface area contributed by atoms with Crippen molar-refractivity contribution in [2.75, 3.05) is 0 Å². The van der Waals surface area contributed by atoms with Crippen molar-refractivity contribution in [3.05, 3.63) is 11.6 Å². The van der Waals surface area contributed by atoms with E-state index in [0.717, 1.165) is 23.2 Å². The first-order chi connectivity index (χ1) is 9.70. The van der Waals surface area contributed by atoms with Gasteiger partial charge in [-0.05, 0) is 80.0 Å². The number of hydrogen-bond donors (Lipinski definition) is 0. The third-order valence-electron chi connectivity index (χ3n) is 8.25. The standard InChI is InChI=1S/C20H32/c1-3-20-13-6-8-18(20)16-10-9-15-7-4-5-12-19(15,2)17(16)11-14-20/h9,16-18H,3-8,10-14H2,1-2H3/t16-,17+,18+,19+,20+/m1/s1. The summed E-state index contributed by atoms with van der Waals surface area (Å²) in [4.78, 5) is 0. The highest BCUT2D eigenvalue weighted by atomic mass is 14.6. The average Bonchev–Trinajstić information content (AvgIpc) is 2.91. The second-order valence-corrected chi connectivity index (χ2v) is 8.61. The van der Waals surface area contributed by atoms with Crippen LogP contribution in [-0.2, 0) is 0 Å². The van der Waals surface area contributed by atoms with Gasteiger partial charge in [0.15, 0.2) is 0 Å². The van der Waals surface area contributed by atoms with Crippen molar-refractivity contribution < 1.29 is 0 Å². The van der Waals surface area contributed by atoms with E-state index in [1.165, 1.54) is 44.9 Å². The van der Waals surface area contributed by atoms with E-state index in [2.05, 4.69) is 19.9 Å². The van der Waals surface area contributed by atoms with Crippen molar-refractivity contribution in [2.24, 2.45) is 28.6 Å². The molecule has 0 heterocycles. The molecular formula is C20H32. The lowest BCUT2D eigenvalue weighted by molar-refractivity contribution is -0.0349. The molecule has 0 amide bonds. The Labute approximate surface area is 125 Å². The fourth-order valence-electron chi connectivity index (χ4n) is 7.11. The fourth-order valence-corrected chi connectivity index (χ4v) is 7.11.